The highest BCUT2D eigenvalue weighted by Crippen LogP contribution is 2.32. The number of hydrogen-bond acceptors (Lipinski definition) is 2. The van der Waals surface area contributed by atoms with E-state index < -0.39 is 0 Å². The smallest absolute Gasteiger partial charge is 0.223 e. The average molecular weight is 298 g/mol. The van der Waals surface area contributed by atoms with Crippen LogP contribution in [0, 0.1) is 5.92 Å². The normalized spacial score (nSPS) is 16.4. The van der Waals surface area contributed by atoms with Gasteiger partial charge in [-0.2, -0.15) is 0 Å². The van der Waals surface area contributed by atoms with E-state index in [2.05, 4.69) is 21.2 Å². The molecule has 1 fully saturated rings. The molecule has 0 radical (unpaired) electrons. The molecule has 4 heteroatoms. The van der Waals surface area contributed by atoms with Gasteiger partial charge in [-0.25, -0.2) is 0 Å². The van der Waals surface area contributed by atoms with Crippen molar-refractivity contribution in [3.05, 3.63) is 28.2 Å². The first-order chi connectivity index (χ1) is 8.11. The summed E-state index contributed by atoms with van der Waals surface area (Å²) in [5.41, 5.74) is 1.00. The summed E-state index contributed by atoms with van der Waals surface area (Å²) in [6, 6.07) is 5.82. The summed E-state index contributed by atoms with van der Waals surface area (Å²) in [5.74, 6) is 1.18. The Morgan fingerprint density at radius 2 is 2.24 bits per heavy atom. The minimum Gasteiger partial charge on any atom is -0.496 e. The average Bonchev–Trinajstić information content (AvgIpc) is 3.12. The Bertz CT molecular complexity index is 429. The lowest BCUT2D eigenvalue weighted by molar-refractivity contribution is -0.122. The molecule has 1 atom stereocenters. The van der Waals surface area contributed by atoms with E-state index >= 15 is 0 Å². The molecule has 1 amide bonds. The largest absolute Gasteiger partial charge is 0.496 e. The summed E-state index contributed by atoms with van der Waals surface area (Å²) in [7, 11) is 1.64. The van der Waals surface area contributed by atoms with E-state index in [9.17, 15) is 4.79 Å². The standard InChI is InChI=1S/C13H16BrNO2/c1-8(15-13(16)9-3-4-9)11-6-5-10(14)7-12(11)17-2/h5-9H,3-4H2,1-2H3,(H,15,16). The zero-order valence-electron chi connectivity index (χ0n) is 10.00. The number of benzene rings is 1. The maximum absolute atomic E-state index is 11.7. The van der Waals surface area contributed by atoms with Gasteiger partial charge in [0, 0.05) is 16.0 Å². The Balaban J connectivity index is 2.11. The molecule has 17 heavy (non-hydrogen) atoms. The predicted molar refractivity (Wildman–Crippen MR) is 70.0 cm³/mol. The van der Waals surface area contributed by atoms with Crippen LogP contribution >= 0.6 is 15.9 Å². The third-order valence-corrected chi connectivity index (χ3v) is 3.46. The molecule has 1 aliphatic rings. The number of ether oxygens (including phenoxy) is 1. The van der Waals surface area contributed by atoms with Crippen LogP contribution in [0.4, 0.5) is 0 Å². The molecule has 2 rings (SSSR count). The second kappa shape index (κ2) is 5.08. The minimum absolute atomic E-state index is 0.0221. The van der Waals surface area contributed by atoms with Gasteiger partial charge in [0.1, 0.15) is 5.75 Å². The number of methoxy groups -OCH3 is 1. The van der Waals surface area contributed by atoms with Gasteiger partial charge in [-0.1, -0.05) is 22.0 Å². The van der Waals surface area contributed by atoms with Crippen LogP contribution in [0.3, 0.4) is 0 Å². The monoisotopic (exact) mass is 297 g/mol. The van der Waals surface area contributed by atoms with Crippen molar-refractivity contribution in [1.29, 1.82) is 0 Å². The molecule has 1 aliphatic carbocycles. The molecular formula is C13H16BrNO2. The van der Waals surface area contributed by atoms with Gasteiger partial charge < -0.3 is 10.1 Å². The first-order valence-corrected chi connectivity index (χ1v) is 6.55. The maximum atomic E-state index is 11.7. The molecule has 1 aromatic carbocycles. The zero-order chi connectivity index (χ0) is 12.4. The number of carbonyl (C=O) groups is 1. The summed E-state index contributed by atoms with van der Waals surface area (Å²) >= 11 is 3.40. The highest BCUT2D eigenvalue weighted by Gasteiger charge is 2.30. The molecule has 0 aromatic heterocycles. The summed E-state index contributed by atoms with van der Waals surface area (Å²) in [5, 5.41) is 3.02. The number of nitrogens with one attached hydrogen (secondary N) is 1. The van der Waals surface area contributed by atoms with Gasteiger partial charge in [-0.3, -0.25) is 4.79 Å². The van der Waals surface area contributed by atoms with Gasteiger partial charge in [0.05, 0.1) is 13.2 Å². The highest BCUT2D eigenvalue weighted by atomic mass is 79.9. The molecule has 0 aliphatic heterocycles. The van der Waals surface area contributed by atoms with Crippen LogP contribution in [-0.2, 0) is 4.79 Å². The Morgan fingerprint density at radius 3 is 2.82 bits per heavy atom. The van der Waals surface area contributed by atoms with E-state index in [4.69, 9.17) is 4.74 Å². The first kappa shape index (κ1) is 12.4. The van der Waals surface area contributed by atoms with Crippen molar-refractivity contribution in [3.63, 3.8) is 0 Å². The molecule has 0 saturated heterocycles. The fourth-order valence-corrected chi connectivity index (χ4v) is 2.14. The number of rotatable bonds is 4. The third-order valence-electron chi connectivity index (χ3n) is 2.97. The van der Waals surface area contributed by atoms with Gasteiger partial charge in [0.2, 0.25) is 5.91 Å². The molecular weight excluding hydrogens is 282 g/mol. The van der Waals surface area contributed by atoms with E-state index in [0.29, 0.717) is 0 Å². The summed E-state index contributed by atoms with van der Waals surface area (Å²) in [4.78, 5) is 11.7. The number of carbonyl (C=O) groups excluding carboxylic acids is 1. The topological polar surface area (TPSA) is 38.3 Å². The Hall–Kier alpha value is -1.03. The minimum atomic E-state index is -0.0221. The van der Waals surface area contributed by atoms with Crippen molar-refractivity contribution in [1.82, 2.24) is 5.32 Å². The predicted octanol–water partition coefficient (Wildman–Crippen LogP) is 3.04. The van der Waals surface area contributed by atoms with Gasteiger partial charge in [-0.05, 0) is 31.9 Å². The molecule has 0 heterocycles. The van der Waals surface area contributed by atoms with E-state index in [1.807, 2.05) is 25.1 Å². The highest BCUT2D eigenvalue weighted by molar-refractivity contribution is 9.10. The summed E-state index contributed by atoms with van der Waals surface area (Å²) in [6.45, 7) is 1.98. The molecule has 1 N–H and O–H groups in total. The molecule has 0 spiro atoms. The Labute approximate surface area is 110 Å². The number of amides is 1. The molecule has 1 saturated carbocycles. The lowest BCUT2D eigenvalue weighted by atomic mass is 10.1. The van der Waals surface area contributed by atoms with Gasteiger partial charge >= 0.3 is 0 Å². The van der Waals surface area contributed by atoms with Crippen LogP contribution in [0.2, 0.25) is 0 Å². The second-order valence-electron chi connectivity index (χ2n) is 4.39. The lowest BCUT2D eigenvalue weighted by Crippen LogP contribution is -2.28. The maximum Gasteiger partial charge on any atom is 0.223 e. The Kier molecular flexibility index (Phi) is 3.72. The van der Waals surface area contributed by atoms with E-state index in [-0.39, 0.29) is 17.9 Å². The summed E-state index contributed by atoms with van der Waals surface area (Å²) < 4.78 is 6.29. The number of hydrogen-bond donors (Lipinski definition) is 1. The van der Waals surface area contributed by atoms with Crippen LogP contribution in [0.15, 0.2) is 22.7 Å². The van der Waals surface area contributed by atoms with Gasteiger partial charge in [0.25, 0.3) is 0 Å². The van der Waals surface area contributed by atoms with Gasteiger partial charge in [-0.15, -0.1) is 0 Å². The van der Waals surface area contributed by atoms with E-state index in [1.165, 1.54) is 0 Å². The van der Waals surface area contributed by atoms with Crippen molar-refractivity contribution in [2.45, 2.75) is 25.8 Å². The van der Waals surface area contributed by atoms with Crippen molar-refractivity contribution < 1.29 is 9.53 Å². The molecule has 92 valence electrons. The van der Waals surface area contributed by atoms with Crippen LogP contribution in [0.5, 0.6) is 5.75 Å². The van der Waals surface area contributed by atoms with Crippen molar-refractivity contribution >= 4 is 21.8 Å². The van der Waals surface area contributed by atoms with Gasteiger partial charge in [0.15, 0.2) is 0 Å². The summed E-state index contributed by atoms with van der Waals surface area (Å²) in [6.07, 6.45) is 2.05. The van der Waals surface area contributed by atoms with Crippen LogP contribution < -0.4 is 10.1 Å². The van der Waals surface area contributed by atoms with Crippen molar-refractivity contribution in [3.8, 4) is 5.75 Å². The SMILES string of the molecule is COc1cc(Br)ccc1C(C)NC(=O)C1CC1. The molecule has 0 bridgehead atoms. The lowest BCUT2D eigenvalue weighted by Gasteiger charge is -2.17. The van der Waals surface area contributed by atoms with Crippen LogP contribution in [0.25, 0.3) is 0 Å². The molecule has 3 nitrogen and oxygen atoms in total. The molecule has 1 aromatic rings. The van der Waals surface area contributed by atoms with E-state index in [1.54, 1.807) is 7.11 Å². The fraction of sp³-hybridized carbons (Fsp3) is 0.462. The van der Waals surface area contributed by atoms with Crippen molar-refractivity contribution in [2.75, 3.05) is 7.11 Å². The van der Waals surface area contributed by atoms with Crippen molar-refractivity contribution in [2.24, 2.45) is 5.92 Å². The molecule has 1 unspecified atom stereocenters. The third kappa shape index (κ3) is 3.00. The van der Waals surface area contributed by atoms with E-state index in [0.717, 1.165) is 28.6 Å². The number of halogens is 1. The fourth-order valence-electron chi connectivity index (χ4n) is 1.80. The van der Waals surface area contributed by atoms with Crippen LogP contribution in [0.1, 0.15) is 31.4 Å². The Morgan fingerprint density at radius 1 is 1.53 bits per heavy atom. The zero-order valence-corrected chi connectivity index (χ0v) is 11.6. The van der Waals surface area contributed by atoms with Crippen LogP contribution in [-0.4, -0.2) is 13.0 Å². The second-order valence-corrected chi connectivity index (χ2v) is 5.31. The first-order valence-electron chi connectivity index (χ1n) is 5.75. The quantitative estimate of drug-likeness (QED) is 0.928.